The van der Waals surface area contributed by atoms with Crippen molar-refractivity contribution in [2.45, 2.75) is 103 Å². The molecule has 4 saturated carbocycles. The van der Waals surface area contributed by atoms with Gasteiger partial charge < -0.3 is 15.3 Å². The Bertz CT molecular complexity index is 743. The van der Waals surface area contributed by atoms with E-state index in [2.05, 4.69) is 30.9 Å². The zero-order valence-electron chi connectivity index (χ0n) is 18.4. The summed E-state index contributed by atoms with van der Waals surface area (Å²) in [5.74, 6) is 7.92. The second-order valence-electron chi connectivity index (χ2n) is 11.0. The van der Waals surface area contributed by atoms with Crippen LogP contribution in [0.15, 0.2) is 23.3 Å². The maximum absolute atomic E-state index is 10.1. The van der Waals surface area contributed by atoms with Gasteiger partial charge in [0.25, 0.3) is 0 Å². The average molecular weight is 399 g/mol. The minimum atomic E-state index is -0.909. The molecule has 4 aliphatic carbocycles. The van der Waals surface area contributed by atoms with Gasteiger partial charge in [0, 0.05) is 5.41 Å². The summed E-state index contributed by atoms with van der Waals surface area (Å²) >= 11 is 0. The minimum absolute atomic E-state index is 0.127. The summed E-state index contributed by atoms with van der Waals surface area (Å²) < 4.78 is 0. The maximum atomic E-state index is 10.1. The number of fused-ring (bicyclic) bond motifs is 1. The lowest BCUT2D eigenvalue weighted by molar-refractivity contribution is 0.0609. The number of aliphatic hydroxyl groups excluding tert-OH is 2. The van der Waals surface area contributed by atoms with Crippen molar-refractivity contribution in [1.29, 1.82) is 0 Å². The molecule has 0 aromatic heterocycles. The first-order valence-electron chi connectivity index (χ1n) is 11.6. The molecule has 29 heavy (non-hydrogen) atoms. The van der Waals surface area contributed by atoms with Crippen molar-refractivity contribution < 1.29 is 15.3 Å². The Hall–Kier alpha value is -1.08. The van der Waals surface area contributed by atoms with E-state index in [4.69, 9.17) is 0 Å². The van der Waals surface area contributed by atoms with Crippen molar-refractivity contribution in [3.05, 3.63) is 23.3 Å². The topological polar surface area (TPSA) is 60.7 Å². The molecule has 4 aliphatic rings. The van der Waals surface area contributed by atoms with Crippen molar-refractivity contribution in [2.24, 2.45) is 22.7 Å². The number of rotatable bonds is 2. The van der Waals surface area contributed by atoms with Crippen molar-refractivity contribution in [3.63, 3.8) is 0 Å². The highest BCUT2D eigenvalue weighted by Gasteiger charge is 2.60. The highest BCUT2D eigenvalue weighted by molar-refractivity contribution is 5.31. The van der Waals surface area contributed by atoms with Crippen LogP contribution in [0.1, 0.15) is 85.0 Å². The van der Waals surface area contributed by atoms with Gasteiger partial charge in [-0.3, -0.25) is 0 Å². The molecule has 3 heteroatoms. The monoisotopic (exact) mass is 398 g/mol. The first-order chi connectivity index (χ1) is 13.6. The zero-order chi connectivity index (χ0) is 20.9. The third kappa shape index (κ3) is 4.36. The number of allylic oxidation sites excluding steroid dienone is 3. The van der Waals surface area contributed by atoms with E-state index in [1.807, 2.05) is 0 Å². The molecule has 0 heterocycles. The number of hydrogen-bond donors (Lipinski definition) is 3. The van der Waals surface area contributed by atoms with Gasteiger partial charge in [0.05, 0.1) is 12.2 Å². The second kappa shape index (κ2) is 7.56. The third-order valence-electron chi connectivity index (χ3n) is 8.11. The number of hydrogen-bond acceptors (Lipinski definition) is 3. The molecule has 0 amide bonds. The Kier molecular flexibility index (Phi) is 5.52. The van der Waals surface area contributed by atoms with Gasteiger partial charge in [-0.2, -0.15) is 0 Å². The van der Waals surface area contributed by atoms with Crippen LogP contribution in [0.25, 0.3) is 0 Å². The molecule has 4 rings (SSSR count). The number of aliphatic hydroxyl groups is 3. The van der Waals surface area contributed by atoms with Crippen molar-refractivity contribution in [3.8, 4) is 11.8 Å². The van der Waals surface area contributed by atoms with Crippen LogP contribution in [-0.2, 0) is 0 Å². The molecule has 4 fully saturated rings. The summed E-state index contributed by atoms with van der Waals surface area (Å²) in [4.78, 5) is 0. The van der Waals surface area contributed by atoms with Crippen LogP contribution in [0.4, 0.5) is 0 Å². The molecule has 160 valence electrons. The SMILES string of the molecule is CC(C)(O)C#CC1([C@H]2CC[C@H]3/C(=C/C=C4C[C@@H](O)C[C@H](O)C4)CCC[C@]23C)CC1. The zero-order valence-corrected chi connectivity index (χ0v) is 18.4. The van der Waals surface area contributed by atoms with E-state index in [0.29, 0.717) is 36.5 Å². The highest BCUT2D eigenvalue weighted by Crippen LogP contribution is 2.68. The van der Waals surface area contributed by atoms with Crippen molar-refractivity contribution >= 4 is 0 Å². The Morgan fingerprint density at radius 3 is 2.34 bits per heavy atom. The Labute approximate surface area is 176 Å². The van der Waals surface area contributed by atoms with Gasteiger partial charge in [-0.05, 0) is 95.3 Å². The van der Waals surface area contributed by atoms with E-state index in [9.17, 15) is 15.3 Å². The summed E-state index contributed by atoms with van der Waals surface area (Å²) in [7, 11) is 0. The summed E-state index contributed by atoms with van der Waals surface area (Å²) in [6, 6.07) is 0. The molecule has 0 aromatic carbocycles. The van der Waals surface area contributed by atoms with Gasteiger partial charge in [0.1, 0.15) is 5.60 Å². The van der Waals surface area contributed by atoms with E-state index in [1.54, 1.807) is 19.4 Å². The molecule has 0 radical (unpaired) electrons. The molecule has 0 unspecified atom stereocenters. The lowest BCUT2D eigenvalue weighted by Crippen LogP contribution is -2.37. The van der Waals surface area contributed by atoms with E-state index in [1.165, 1.54) is 50.5 Å². The van der Waals surface area contributed by atoms with Gasteiger partial charge in [0.2, 0.25) is 0 Å². The Balaban J connectivity index is 1.55. The van der Waals surface area contributed by atoms with E-state index in [-0.39, 0.29) is 5.41 Å². The highest BCUT2D eigenvalue weighted by atomic mass is 16.3. The molecule has 0 spiro atoms. The van der Waals surface area contributed by atoms with Crippen LogP contribution in [0.3, 0.4) is 0 Å². The summed E-state index contributed by atoms with van der Waals surface area (Å²) in [6.45, 7) is 6.06. The van der Waals surface area contributed by atoms with E-state index < -0.39 is 17.8 Å². The van der Waals surface area contributed by atoms with E-state index >= 15 is 0 Å². The summed E-state index contributed by atoms with van der Waals surface area (Å²) in [6.07, 6.45) is 14.1. The predicted octanol–water partition coefficient (Wildman–Crippen LogP) is 4.52. The first-order valence-corrected chi connectivity index (χ1v) is 11.6. The lowest BCUT2D eigenvalue weighted by atomic mass is 9.60. The standard InChI is InChI=1S/C26H38O3/c1-24(2,29)11-12-26(13-14-26)23-9-8-22-19(5-4-10-25(22,23)3)7-6-18-15-20(27)17-21(28)16-18/h6-7,20-23,27-29H,4-5,8-10,13-17H2,1-3H3/b19-7+/t20-,21-,22+,23+,25+/m1/s1. The Morgan fingerprint density at radius 2 is 1.72 bits per heavy atom. The van der Waals surface area contributed by atoms with Gasteiger partial charge >= 0.3 is 0 Å². The third-order valence-corrected chi connectivity index (χ3v) is 8.11. The van der Waals surface area contributed by atoms with Gasteiger partial charge in [0.15, 0.2) is 0 Å². The van der Waals surface area contributed by atoms with E-state index in [0.717, 1.165) is 0 Å². The fourth-order valence-electron chi connectivity index (χ4n) is 6.65. The molecule has 3 nitrogen and oxygen atoms in total. The van der Waals surface area contributed by atoms with Crippen LogP contribution in [-0.4, -0.2) is 33.1 Å². The Morgan fingerprint density at radius 1 is 1.03 bits per heavy atom. The lowest BCUT2D eigenvalue weighted by Gasteiger charge is -2.44. The molecule has 0 aliphatic heterocycles. The van der Waals surface area contributed by atoms with Crippen molar-refractivity contribution in [1.82, 2.24) is 0 Å². The second-order valence-corrected chi connectivity index (χ2v) is 11.0. The molecule has 0 saturated heterocycles. The molecule has 0 bridgehead atoms. The molecular weight excluding hydrogens is 360 g/mol. The average Bonchev–Trinajstić information content (AvgIpc) is 3.31. The molecule has 5 atom stereocenters. The van der Waals surface area contributed by atoms with Crippen LogP contribution >= 0.6 is 0 Å². The van der Waals surface area contributed by atoms with Gasteiger partial charge in [-0.1, -0.05) is 42.1 Å². The quantitative estimate of drug-likeness (QED) is 0.600. The van der Waals surface area contributed by atoms with Crippen molar-refractivity contribution in [2.75, 3.05) is 0 Å². The molecule has 0 aromatic rings. The molecular formula is C26H38O3. The first kappa shape index (κ1) is 21.2. The summed E-state index contributed by atoms with van der Waals surface area (Å²) in [5, 5.41) is 30.0. The van der Waals surface area contributed by atoms with Gasteiger partial charge in [-0.15, -0.1) is 0 Å². The fraction of sp³-hybridized carbons (Fsp3) is 0.769. The predicted molar refractivity (Wildman–Crippen MR) is 116 cm³/mol. The van der Waals surface area contributed by atoms with Crippen LogP contribution in [0.5, 0.6) is 0 Å². The normalized spacial score (nSPS) is 40.2. The fourth-order valence-corrected chi connectivity index (χ4v) is 6.65. The minimum Gasteiger partial charge on any atom is -0.393 e. The largest absolute Gasteiger partial charge is 0.393 e. The van der Waals surface area contributed by atoms with Gasteiger partial charge in [-0.25, -0.2) is 0 Å². The van der Waals surface area contributed by atoms with Crippen LogP contribution < -0.4 is 0 Å². The summed E-state index contributed by atoms with van der Waals surface area (Å²) in [5.41, 5.74) is 2.27. The van der Waals surface area contributed by atoms with Crippen LogP contribution in [0.2, 0.25) is 0 Å². The smallest absolute Gasteiger partial charge is 0.119 e. The maximum Gasteiger partial charge on any atom is 0.119 e. The molecule has 3 N–H and O–H groups in total. The van der Waals surface area contributed by atoms with Crippen LogP contribution in [0, 0.1) is 34.5 Å².